The third-order valence-electron chi connectivity index (χ3n) is 4.20. The van der Waals surface area contributed by atoms with Crippen molar-refractivity contribution in [2.24, 2.45) is 0 Å². The molecule has 0 amide bonds. The third-order valence-corrected chi connectivity index (χ3v) is 6.38. The zero-order chi connectivity index (χ0) is 22.1. The molecule has 1 heterocycles. The molecule has 1 aliphatic rings. The lowest BCUT2D eigenvalue weighted by molar-refractivity contribution is -0.274. The van der Waals surface area contributed by atoms with Crippen molar-refractivity contribution in [1.82, 2.24) is 5.32 Å². The largest absolute Gasteiger partial charge is 0.573 e. The van der Waals surface area contributed by atoms with Gasteiger partial charge >= 0.3 is 6.36 Å². The fourth-order valence-electron chi connectivity index (χ4n) is 2.88. The first kappa shape index (κ1) is 22.7. The molecule has 0 atom stereocenters. The monoisotopic (exact) mass is 519 g/mol. The number of carbonyl (C=O) groups is 2. The number of rotatable bonds is 5. The number of nitrogens with one attached hydrogen (secondary N) is 1. The average molecular weight is 521 g/mol. The second-order valence-electron chi connectivity index (χ2n) is 6.31. The second-order valence-corrected chi connectivity index (χ2v) is 8.55. The number of ether oxygens (including phenoxy) is 1. The van der Waals surface area contributed by atoms with Crippen LogP contribution in [0, 0.1) is 0 Å². The number of alkyl halides is 3. The molecule has 0 saturated carbocycles. The van der Waals surface area contributed by atoms with Crippen molar-refractivity contribution in [1.29, 1.82) is 0 Å². The Balaban J connectivity index is 1.84. The van der Waals surface area contributed by atoms with Gasteiger partial charge < -0.3 is 10.1 Å². The number of thioether (sulfide) groups is 1. The predicted molar refractivity (Wildman–Crippen MR) is 112 cm³/mol. The first-order valence-electron chi connectivity index (χ1n) is 8.55. The summed E-state index contributed by atoms with van der Waals surface area (Å²) in [5, 5.41) is 3.77. The summed E-state index contributed by atoms with van der Waals surface area (Å²) in [5.41, 5.74) is 1.61. The molecule has 0 bridgehead atoms. The highest BCUT2D eigenvalue weighted by Gasteiger charge is 2.31. The van der Waals surface area contributed by atoms with Crippen LogP contribution in [0.1, 0.15) is 28.4 Å². The Morgan fingerprint density at radius 3 is 2.50 bits per heavy atom. The highest BCUT2D eigenvalue weighted by Crippen LogP contribution is 2.35. The number of benzene rings is 2. The summed E-state index contributed by atoms with van der Waals surface area (Å²) in [6.07, 6.45) is -4.76. The maximum absolute atomic E-state index is 13.1. The lowest BCUT2D eigenvalue weighted by Crippen LogP contribution is -2.17. The van der Waals surface area contributed by atoms with E-state index in [4.69, 9.17) is 11.6 Å². The molecule has 0 spiro atoms. The number of Topliss-reactive ketones (excluding diaryl/α,β-unsaturated/α-hetero) is 2. The van der Waals surface area contributed by atoms with E-state index < -0.39 is 17.9 Å². The Labute approximate surface area is 187 Å². The molecule has 4 nitrogen and oxygen atoms in total. The van der Waals surface area contributed by atoms with Gasteiger partial charge in [0, 0.05) is 22.3 Å². The summed E-state index contributed by atoms with van der Waals surface area (Å²) >= 11 is 10.8. The molecule has 0 aliphatic carbocycles. The molecule has 0 saturated heterocycles. The molecule has 30 heavy (non-hydrogen) atoms. The molecule has 0 aromatic heterocycles. The fraction of sp³-hybridized carbons (Fsp3) is 0.200. The van der Waals surface area contributed by atoms with E-state index in [2.05, 4.69) is 26.0 Å². The number of halogens is 5. The number of carbonyl (C=O) groups excluding carboxylic acids is 2. The van der Waals surface area contributed by atoms with Crippen molar-refractivity contribution in [2.45, 2.75) is 25.6 Å². The van der Waals surface area contributed by atoms with Gasteiger partial charge in [0.05, 0.1) is 15.6 Å². The third kappa shape index (κ3) is 5.19. The zero-order valence-corrected chi connectivity index (χ0v) is 18.6. The van der Waals surface area contributed by atoms with E-state index in [1.807, 2.05) is 0 Å². The molecule has 2 aromatic rings. The quantitative estimate of drug-likeness (QED) is 0.489. The van der Waals surface area contributed by atoms with Crippen LogP contribution in [0.2, 0.25) is 5.02 Å². The van der Waals surface area contributed by atoms with Gasteiger partial charge in [-0.15, -0.1) is 24.9 Å². The van der Waals surface area contributed by atoms with Gasteiger partial charge in [0.15, 0.2) is 5.78 Å². The zero-order valence-electron chi connectivity index (χ0n) is 15.4. The molecule has 1 N–H and O–H groups in total. The van der Waals surface area contributed by atoms with Gasteiger partial charge in [0.2, 0.25) is 5.78 Å². The van der Waals surface area contributed by atoms with Crippen LogP contribution in [-0.4, -0.2) is 17.9 Å². The predicted octanol–water partition coefficient (Wildman–Crippen LogP) is 6.02. The van der Waals surface area contributed by atoms with Crippen molar-refractivity contribution < 1.29 is 27.5 Å². The standard InChI is InChI=1S/C20H14BrClF3NO3S/c1-10(27)16-18(28)17-13(14(21)6-7-15(17)22)8-26-19(16)30-9-11-2-4-12(5-3-11)29-20(23,24)25/h2-7,26H,8-9H2,1H3. The summed E-state index contributed by atoms with van der Waals surface area (Å²) in [5.74, 6) is -0.875. The molecule has 3 rings (SSSR count). The van der Waals surface area contributed by atoms with Gasteiger partial charge in [-0.1, -0.05) is 39.7 Å². The van der Waals surface area contributed by atoms with Crippen molar-refractivity contribution in [3.8, 4) is 5.75 Å². The first-order chi connectivity index (χ1) is 14.1. The molecular weight excluding hydrogens is 507 g/mol. The Morgan fingerprint density at radius 1 is 1.23 bits per heavy atom. The summed E-state index contributed by atoms with van der Waals surface area (Å²) in [4.78, 5) is 25.3. The van der Waals surface area contributed by atoms with Gasteiger partial charge in [-0.25, -0.2) is 0 Å². The van der Waals surface area contributed by atoms with Crippen molar-refractivity contribution >= 4 is 50.9 Å². The Morgan fingerprint density at radius 2 is 1.90 bits per heavy atom. The van der Waals surface area contributed by atoms with E-state index in [0.717, 1.165) is 0 Å². The molecule has 158 valence electrons. The summed E-state index contributed by atoms with van der Waals surface area (Å²) in [6.45, 7) is 1.58. The highest BCUT2D eigenvalue weighted by atomic mass is 79.9. The number of allylic oxidation sites excluding steroid dienone is 1. The number of ketones is 2. The highest BCUT2D eigenvalue weighted by molar-refractivity contribution is 9.10. The van der Waals surface area contributed by atoms with E-state index >= 15 is 0 Å². The lowest BCUT2D eigenvalue weighted by atomic mass is 9.98. The Kier molecular flexibility index (Phi) is 6.84. The number of hydrogen-bond donors (Lipinski definition) is 1. The maximum atomic E-state index is 13.1. The van der Waals surface area contributed by atoms with E-state index in [1.54, 1.807) is 12.1 Å². The number of hydrogen-bond acceptors (Lipinski definition) is 5. The molecule has 2 aromatic carbocycles. The SMILES string of the molecule is CC(=O)C1=C(SCc2ccc(OC(F)(F)F)cc2)NCc2c(Br)ccc(Cl)c2C1=O. The maximum Gasteiger partial charge on any atom is 0.573 e. The first-order valence-corrected chi connectivity index (χ1v) is 10.7. The molecule has 0 unspecified atom stereocenters. The van der Waals surface area contributed by atoms with Crippen LogP contribution in [0.5, 0.6) is 5.75 Å². The normalized spacial score (nSPS) is 14.1. The molecule has 0 radical (unpaired) electrons. The minimum Gasteiger partial charge on any atom is -0.406 e. The topological polar surface area (TPSA) is 55.4 Å². The summed E-state index contributed by atoms with van der Waals surface area (Å²) in [6, 6.07) is 8.71. The van der Waals surface area contributed by atoms with Crippen molar-refractivity contribution in [3.05, 3.63) is 73.2 Å². The van der Waals surface area contributed by atoms with E-state index in [9.17, 15) is 22.8 Å². The molecule has 1 aliphatic heterocycles. The van der Waals surface area contributed by atoms with Crippen molar-refractivity contribution in [2.75, 3.05) is 0 Å². The average Bonchev–Trinajstić information content (AvgIpc) is 2.80. The summed E-state index contributed by atoms with van der Waals surface area (Å²) < 4.78 is 41.4. The van der Waals surface area contributed by atoms with Crippen LogP contribution in [0.25, 0.3) is 0 Å². The number of fused-ring (bicyclic) bond motifs is 1. The van der Waals surface area contributed by atoms with E-state index in [1.165, 1.54) is 43.0 Å². The van der Waals surface area contributed by atoms with Gasteiger partial charge in [0.25, 0.3) is 0 Å². The minimum absolute atomic E-state index is 0.00391. The molecule has 10 heteroatoms. The summed E-state index contributed by atoms with van der Waals surface area (Å²) in [7, 11) is 0. The van der Waals surface area contributed by atoms with Gasteiger partial charge in [-0.2, -0.15) is 0 Å². The minimum atomic E-state index is -4.76. The molecular formula is C20H14BrClF3NO3S. The van der Waals surface area contributed by atoms with Crippen LogP contribution >= 0.6 is 39.3 Å². The van der Waals surface area contributed by atoms with Gasteiger partial charge in [-0.3, -0.25) is 9.59 Å². The van der Waals surface area contributed by atoms with E-state index in [0.29, 0.717) is 26.4 Å². The van der Waals surface area contributed by atoms with Crippen LogP contribution < -0.4 is 10.1 Å². The van der Waals surface area contributed by atoms with Gasteiger partial charge in [-0.05, 0) is 42.3 Å². The van der Waals surface area contributed by atoms with Crippen molar-refractivity contribution in [3.63, 3.8) is 0 Å². The Bertz CT molecular complexity index is 1040. The van der Waals surface area contributed by atoms with Crippen LogP contribution in [0.4, 0.5) is 13.2 Å². The fourth-order valence-corrected chi connectivity index (χ4v) is 4.68. The Hall–Kier alpha value is -1.97. The lowest BCUT2D eigenvalue weighted by Gasteiger charge is -2.12. The molecule has 0 fully saturated rings. The second kappa shape index (κ2) is 9.03. The van der Waals surface area contributed by atoms with Crippen LogP contribution in [-0.2, 0) is 17.1 Å². The van der Waals surface area contributed by atoms with Gasteiger partial charge in [0.1, 0.15) is 5.75 Å². The van der Waals surface area contributed by atoms with Crippen LogP contribution in [0.15, 0.2) is 51.5 Å². The smallest absolute Gasteiger partial charge is 0.406 e. The van der Waals surface area contributed by atoms with E-state index in [-0.39, 0.29) is 28.5 Å². The van der Waals surface area contributed by atoms with Crippen LogP contribution in [0.3, 0.4) is 0 Å².